The fourth-order valence-corrected chi connectivity index (χ4v) is 3.48. The molecule has 3 aromatic rings. The Balaban J connectivity index is 1.71. The van der Waals surface area contributed by atoms with Gasteiger partial charge in [-0.05, 0) is 69.4 Å². The van der Waals surface area contributed by atoms with Gasteiger partial charge in [0.25, 0.3) is 0 Å². The summed E-state index contributed by atoms with van der Waals surface area (Å²) in [5.41, 5.74) is 8.55. The maximum Gasteiger partial charge on any atom is 0.186 e. The average molecular weight is 432 g/mol. The Morgan fingerprint density at radius 1 is 1.19 bits per heavy atom. The Labute approximate surface area is 188 Å². The molecule has 6 nitrogen and oxygen atoms in total. The van der Waals surface area contributed by atoms with Crippen LogP contribution in [0.25, 0.3) is 5.69 Å². The van der Waals surface area contributed by atoms with E-state index in [0.29, 0.717) is 17.3 Å². The lowest BCUT2D eigenvalue weighted by atomic mass is 10.1. The number of aromatic nitrogens is 1. The van der Waals surface area contributed by atoms with Crippen LogP contribution in [0.1, 0.15) is 35.0 Å². The van der Waals surface area contributed by atoms with Crippen LogP contribution in [0.2, 0.25) is 0 Å². The quantitative estimate of drug-likeness (QED) is 0.330. The topological polar surface area (TPSA) is 74.4 Å². The first-order valence-corrected chi connectivity index (χ1v) is 10.4. The van der Waals surface area contributed by atoms with Crippen molar-refractivity contribution in [2.24, 2.45) is 5.10 Å². The van der Waals surface area contributed by atoms with E-state index in [-0.39, 0.29) is 0 Å². The smallest absolute Gasteiger partial charge is 0.186 e. The van der Waals surface area contributed by atoms with Crippen LogP contribution < -0.4 is 15.5 Å². The number of aryl methyl sites for hydroxylation is 1. The molecule has 0 aliphatic heterocycles. The molecule has 0 saturated heterocycles. The number of rotatable bonds is 7. The Morgan fingerprint density at radius 2 is 1.94 bits per heavy atom. The molecule has 0 bridgehead atoms. The van der Waals surface area contributed by atoms with Gasteiger partial charge in [0.15, 0.2) is 5.11 Å². The van der Waals surface area contributed by atoms with Gasteiger partial charge in [-0.3, -0.25) is 5.43 Å². The lowest BCUT2D eigenvalue weighted by Gasteiger charge is -2.12. The molecule has 7 heteroatoms. The number of nitrogens with zero attached hydrogens (tertiary/aromatic N) is 3. The lowest BCUT2D eigenvalue weighted by molar-refractivity contribution is 0.306. The molecule has 0 radical (unpaired) electrons. The number of hydrazone groups is 1. The van der Waals surface area contributed by atoms with Gasteiger partial charge in [0, 0.05) is 34.7 Å². The van der Waals surface area contributed by atoms with Crippen LogP contribution in [0.4, 0.5) is 0 Å². The maximum absolute atomic E-state index is 9.21. The van der Waals surface area contributed by atoms with E-state index in [1.807, 2.05) is 49.4 Å². The molecule has 0 fully saturated rings. The third kappa shape index (κ3) is 5.50. The third-order valence-corrected chi connectivity index (χ3v) is 5.04. The Hall–Kier alpha value is -3.63. The van der Waals surface area contributed by atoms with E-state index < -0.39 is 0 Å². The highest BCUT2D eigenvalue weighted by Gasteiger charge is 2.10. The number of ether oxygens (including phenoxy) is 1. The van der Waals surface area contributed by atoms with Crippen molar-refractivity contribution in [2.75, 3.05) is 6.54 Å². The molecule has 1 aromatic heterocycles. The van der Waals surface area contributed by atoms with Gasteiger partial charge in [-0.15, -0.1) is 0 Å². The van der Waals surface area contributed by atoms with Crippen molar-refractivity contribution in [3.63, 3.8) is 0 Å². The number of benzene rings is 2. The summed E-state index contributed by atoms with van der Waals surface area (Å²) < 4.78 is 8.04. The molecule has 2 aromatic carbocycles. The molecular weight excluding hydrogens is 406 g/mol. The highest BCUT2D eigenvalue weighted by atomic mass is 32.1. The number of thiocarbonyl (C=S) groups is 1. The van der Waals surface area contributed by atoms with Gasteiger partial charge in [-0.25, -0.2) is 0 Å². The number of hydrogen-bond donors (Lipinski definition) is 2. The van der Waals surface area contributed by atoms with Crippen LogP contribution >= 0.6 is 12.2 Å². The molecule has 0 aliphatic rings. The predicted molar refractivity (Wildman–Crippen MR) is 128 cm³/mol. The first-order valence-electron chi connectivity index (χ1n) is 10.0. The zero-order valence-electron chi connectivity index (χ0n) is 17.8. The summed E-state index contributed by atoms with van der Waals surface area (Å²) in [6.45, 7) is 7.20. The predicted octanol–water partition coefficient (Wildman–Crippen LogP) is 4.36. The van der Waals surface area contributed by atoms with Crippen molar-refractivity contribution in [3.8, 4) is 17.5 Å². The average Bonchev–Trinajstić information content (AvgIpc) is 3.06. The van der Waals surface area contributed by atoms with Gasteiger partial charge in [0.05, 0.1) is 17.8 Å². The standard InChI is InChI=1S/C24H25N5OS/c1-4-26-24(31)28-27-15-21-13-17(2)29(18(21)3)22-9-11-23(12-10-22)30-16-20-8-6-5-7-19(20)14-25/h5-13,15H,4,16H2,1-3H3,(H2,26,28,31)/b27-15-. The molecule has 0 atom stereocenters. The number of nitriles is 1. The van der Waals surface area contributed by atoms with E-state index in [4.69, 9.17) is 17.0 Å². The van der Waals surface area contributed by atoms with Crippen molar-refractivity contribution in [1.29, 1.82) is 5.26 Å². The lowest BCUT2D eigenvalue weighted by Crippen LogP contribution is -2.31. The van der Waals surface area contributed by atoms with Crippen molar-refractivity contribution in [1.82, 2.24) is 15.3 Å². The van der Waals surface area contributed by atoms with Crippen LogP contribution in [0, 0.1) is 25.2 Å². The van der Waals surface area contributed by atoms with Gasteiger partial charge >= 0.3 is 0 Å². The van der Waals surface area contributed by atoms with E-state index in [1.165, 1.54) is 0 Å². The normalized spacial score (nSPS) is 10.6. The molecular formula is C24H25N5OS. The van der Waals surface area contributed by atoms with Gasteiger partial charge in [-0.2, -0.15) is 10.4 Å². The fourth-order valence-electron chi connectivity index (χ4n) is 3.28. The SMILES string of the molecule is CCNC(=S)N/N=C\c1cc(C)n(-c2ccc(OCc3ccccc3C#N)cc2)c1C. The van der Waals surface area contributed by atoms with Crippen LogP contribution in [0.15, 0.2) is 59.7 Å². The Morgan fingerprint density at radius 3 is 2.65 bits per heavy atom. The van der Waals surface area contributed by atoms with Crippen molar-refractivity contribution < 1.29 is 4.74 Å². The van der Waals surface area contributed by atoms with E-state index in [0.717, 1.165) is 40.5 Å². The Kier molecular flexibility index (Phi) is 7.41. The highest BCUT2D eigenvalue weighted by molar-refractivity contribution is 7.80. The third-order valence-electron chi connectivity index (χ3n) is 4.80. The maximum atomic E-state index is 9.21. The van der Waals surface area contributed by atoms with Crippen molar-refractivity contribution in [2.45, 2.75) is 27.4 Å². The summed E-state index contributed by atoms with van der Waals surface area (Å²) in [5, 5.41) is 16.9. The highest BCUT2D eigenvalue weighted by Crippen LogP contribution is 2.23. The van der Waals surface area contributed by atoms with E-state index in [1.54, 1.807) is 12.3 Å². The molecule has 0 unspecified atom stereocenters. The molecule has 158 valence electrons. The second-order valence-corrected chi connectivity index (χ2v) is 7.35. The summed E-state index contributed by atoms with van der Waals surface area (Å²) in [7, 11) is 0. The van der Waals surface area contributed by atoms with Crippen LogP contribution in [-0.4, -0.2) is 22.4 Å². The van der Waals surface area contributed by atoms with Gasteiger partial charge < -0.3 is 14.6 Å². The monoisotopic (exact) mass is 431 g/mol. The summed E-state index contributed by atoms with van der Waals surface area (Å²) >= 11 is 5.12. The van der Waals surface area contributed by atoms with Crippen LogP contribution in [-0.2, 0) is 6.61 Å². The summed E-state index contributed by atoms with van der Waals surface area (Å²) in [6.07, 6.45) is 1.77. The molecule has 0 saturated carbocycles. The largest absolute Gasteiger partial charge is 0.489 e. The minimum atomic E-state index is 0.354. The second-order valence-electron chi connectivity index (χ2n) is 6.94. The minimum absolute atomic E-state index is 0.354. The van der Waals surface area contributed by atoms with Crippen molar-refractivity contribution >= 4 is 23.5 Å². The molecule has 0 amide bonds. The fraction of sp³-hybridized carbons (Fsp3) is 0.208. The molecule has 3 rings (SSSR count). The first kappa shape index (κ1) is 22.1. The van der Waals surface area contributed by atoms with E-state index >= 15 is 0 Å². The first-order chi connectivity index (χ1) is 15.0. The van der Waals surface area contributed by atoms with Gasteiger partial charge in [0.2, 0.25) is 0 Å². The van der Waals surface area contributed by atoms with E-state index in [2.05, 4.69) is 46.4 Å². The van der Waals surface area contributed by atoms with Gasteiger partial charge in [0.1, 0.15) is 12.4 Å². The molecule has 2 N–H and O–H groups in total. The molecule has 31 heavy (non-hydrogen) atoms. The Bertz CT molecular complexity index is 1130. The summed E-state index contributed by atoms with van der Waals surface area (Å²) in [5.74, 6) is 0.752. The second kappa shape index (κ2) is 10.4. The minimum Gasteiger partial charge on any atom is -0.489 e. The number of nitrogens with one attached hydrogen (secondary N) is 2. The van der Waals surface area contributed by atoms with Crippen molar-refractivity contribution in [3.05, 3.63) is 82.7 Å². The van der Waals surface area contributed by atoms with Crippen LogP contribution in [0.3, 0.4) is 0 Å². The number of hydrogen-bond acceptors (Lipinski definition) is 4. The molecule has 0 aliphatic carbocycles. The van der Waals surface area contributed by atoms with E-state index in [9.17, 15) is 5.26 Å². The molecule has 1 heterocycles. The summed E-state index contributed by atoms with van der Waals surface area (Å²) in [4.78, 5) is 0. The van der Waals surface area contributed by atoms with Crippen LogP contribution in [0.5, 0.6) is 5.75 Å². The summed E-state index contributed by atoms with van der Waals surface area (Å²) in [6, 6.07) is 19.7. The zero-order chi connectivity index (χ0) is 22.2. The molecule has 0 spiro atoms. The zero-order valence-corrected chi connectivity index (χ0v) is 18.7. The van der Waals surface area contributed by atoms with Gasteiger partial charge in [-0.1, -0.05) is 18.2 Å².